The van der Waals surface area contributed by atoms with Gasteiger partial charge in [0.25, 0.3) is 0 Å². The highest BCUT2D eigenvalue weighted by Crippen LogP contribution is 2.36. The van der Waals surface area contributed by atoms with Crippen molar-refractivity contribution in [2.75, 3.05) is 10.6 Å². The van der Waals surface area contributed by atoms with Gasteiger partial charge in [-0.2, -0.15) is 10.1 Å². The van der Waals surface area contributed by atoms with E-state index in [-0.39, 0.29) is 0 Å². The zero-order valence-electron chi connectivity index (χ0n) is 19.0. The quantitative estimate of drug-likeness (QED) is 0.394. The van der Waals surface area contributed by atoms with Crippen LogP contribution in [0.25, 0.3) is 10.2 Å². The fourth-order valence-corrected chi connectivity index (χ4v) is 6.13. The van der Waals surface area contributed by atoms with Gasteiger partial charge in [-0.15, -0.1) is 11.3 Å². The third-order valence-corrected chi connectivity index (χ3v) is 7.79. The number of nitrogens with one attached hydrogen (secondary N) is 3. The molecule has 2 aliphatic heterocycles. The number of aromatic nitrogens is 6. The molecular weight excluding hydrogens is 434 g/mol. The Morgan fingerprint density at radius 1 is 1.21 bits per heavy atom. The minimum absolute atomic E-state index is 0.371. The summed E-state index contributed by atoms with van der Waals surface area (Å²) in [5.74, 6) is 3.40. The van der Waals surface area contributed by atoms with Crippen molar-refractivity contribution in [1.29, 1.82) is 0 Å². The number of anilines is 3. The lowest BCUT2D eigenvalue weighted by Crippen LogP contribution is -2.54. The van der Waals surface area contributed by atoms with Gasteiger partial charge >= 0.3 is 0 Å². The fourth-order valence-electron chi connectivity index (χ4n) is 5.37. The second-order valence-electron chi connectivity index (χ2n) is 9.27. The van der Waals surface area contributed by atoms with Gasteiger partial charge in [-0.25, -0.2) is 9.97 Å². The van der Waals surface area contributed by atoms with Gasteiger partial charge in [-0.05, 0) is 44.1 Å². The molecule has 172 valence electrons. The highest BCUT2D eigenvalue weighted by molar-refractivity contribution is 7.16. The lowest BCUT2D eigenvalue weighted by Gasteiger charge is -2.48. The van der Waals surface area contributed by atoms with Crippen LogP contribution in [0.1, 0.15) is 43.6 Å². The SMILES string of the molecule is Cc1cc(Nc2nc(NC3C[C@H]4CCC[C@@H](C3)N4Cc3nccn3C)nc3sccc23)n[nH]1. The number of thiophene rings is 1. The number of nitrogens with zero attached hydrogens (tertiary/aromatic N) is 6. The number of hydrogen-bond acceptors (Lipinski definition) is 8. The van der Waals surface area contributed by atoms with Gasteiger partial charge in [0.2, 0.25) is 5.95 Å². The van der Waals surface area contributed by atoms with Crippen molar-refractivity contribution in [2.24, 2.45) is 7.05 Å². The van der Waals surface area contributed by atoms with E-state index in [9.17, 15) is 0 Å². The molecule has 4 aromatic rings. The van der Waals surface area contributed by atoms with Crippen molar-refractivity contribution < 1.29 is 0 Å². The molecule has 0 saturated carbocycles. The summed E-state index contributed by atoms with van der Waals surface area (Å²) in [6.45, 7) is 2.92. The highest BCUT2D eigenvalue weighted by Gasteiger charge is 2.38. The molecule has 2 aliphatic rings. The first-order valence-electron chi connectivity index (χ1n) is 11.6. The normalized spacial score (nSPS) is 23.2. The number of piperidine rings is 2. The Balaban J connectivity index is 1.21. The fraction of sp³-hybridized carbons (Fsp3) is 0.478. The Morgan fingerprint density at radius 2 is 2.06 bits per heavy atom. The molecule has 0 aliphatic carbocycles. The molecule has 0 radical (unpaired) electrons. The van der Waals surface area contributed by atoms with Crippen LogP contribution in [0.15, 0.2) is 29.9 Å². The van der Waals surface area contributed by atoms with Gasteiger partial charge < -0.3 is 15.2 Å². The summed E-state index contributed by atoms with van der Waals surface area (Å²) in [6.07, 6.45) is 9.95. The van der Waals surface area contributed by atoms with E-state index in [2.05, 4.69) is 53.8 Å². The first-order chi connectivity index (χ1) is 16.1. The maximum atomic E-state index is 4.85. The summed E-state index contributed by atoms with van der Waals surface area (Å²) in [5, 5.41) is 17.4. The number of H-pyrrole nitrogens is 1. The molecule has 6 rings (SSSR count). The number of hydrogen-bond donors (Lipinski definition) is 3. The Labute approximate surface area is 196 Å². The van der Waals surface area contributed by atoms with Crippen LogP contribution in [0.5, 0.6) is 0 Å². The van der Waals surface area contributed by atoms with Gasteiger partial charge in [0.15, 0.2) is 5.82 Å². The van der Waals surface area contributed by atoms with Crippen molar-refractivity contribution in [1.82, 2.24) is 34.6 Å². The van der Waals surface area contributed by atoms with Crippen LogP contribution < -0.4 is 10.6 Å². The first kappa shape index (κ1) is 20.6. The molecule has 10 heteroatoms. The topological polar surface area (TPSA) is 99.6 Å². The molecule has 33 heavy (non-hydrogen) atoms. The molecule has 0 aromatic carbocycles. The molecule has 2 fully saturated rings. The Bertz CT molecular complexity index is 1240. The van der Waals surface area contributed by atoms with Crippen LogP contribution in [0, 0.1) is 6.92 Å². The van der Waals surface area contributed by atoms with Crippen LogP contribution in [0.2, 0.25) is 0 Å². The van der Waals surface area contributed by atoms with Crippen LogP contribution >= 0.6 is 11.3 Å². The van der Waals surface area contributed by atoms with Crippen molar-refractivity contribution >= 4 is 39.1 Å². The summed E-state index contributed by atoms with van der Waals surface area (Å²) < 4.78 is 2.14. The number of fused-ring (bicyclic) bond motifs is 3. The zero-order valence-corrected chi connectivity index (χ0v) is 19.8. The highest BCUT2D eigenvalue weighted by atomic mass is 32.1. The summed E-state index contributed by atoms with van der Waals surface area (Å²) in [4.78, 5) is 17.9. The van der Waals surface area contributed by atoms with E-state index < -0.39 is 0 Å². The minimum atomic E-state index is 0.371. The van der Waals surface area contributed by atoms with Crippen LogP contribution in [0.3, 0.4) is 0 Å². The lowest BCUT2D eigenvalue weighted by molar-refractivity contribution is 0.0249. The smallest absolute Gasteiger partial charge is 0.226 e. The molecule has 0 spiro atoms. The second kappa shape index (κ2) is 8.42. The van der Waals surface area contributed by atoms with Crippen LogP contribution in [-0.2, 0) is 13.6 Å². The van der Waals surface area contributed by atoms with E-state index in [0.29, 0.717) is 24.1 Å². The monoisotopic (exact) mass is 463 g/mol. The summed E-state index contributed by atoms with van der Waals surface area (Å²) in [5.41, 5.74) is 1.01. The van der Waals surface area contributed by atoms with Crippen LogP contribution in [0.4, 0.5) is 17.6 Å². The summed E-state index contributed by atoms with van der Waals surface area (Å²) in [7, 11) is 2.08. The van der Waals surface area contributed by atoms with Crippen molar-refractivity contribution in [3.05, 3.63) is 41.4 Å². The maximum Gasteiger partial charge on any atom is 0.226 e. The average molecular weight is 464 g/mol. The zero-order chi connectivity index (χ0) is 22.4. The number of imidazole rings is 1. The van der Waals surface area contributed by atoms with E-state index in [1.807, 2.05) is 25.4 Å². The van der Waals surface area contributed by atoms with E-state index in [0.717, 1.165) is 52.8 Å². The Morgan fingerprint density at radius 3 is 2.79 bits per heavy atom. The average Bonchev–Trinajstić information content (AvgIpc) is 3.51. The van der Waals surface area contributed by atoms with E-state index in [4.69, 9.17) is 9.97 Å². The predicted molar refractivity (Wildman–Crippen MR) is 131 cm³/mol. The Hall–Kier alpha value is -2.98. The maximum absolute atomic E-state index is 4.85. The van der Waals surface area contributed by atoms with E-state index >= 15 is 0 Å². The molecule has 2 bridgehead atoms. The molecule has 2 saturated heterocycles. The molecule has 9 nitrogen and oxygen atoms in total. The van der Waals surface area contributed by atoms with Gasteiger partial charge in [-0.3, -0.25) is 10.00 Å². The van der Waals surface area contributed by atoms with Crippen molar-refractivity contribution in [3.63, 3.8) is 0 Å². The van der Waals surface area contributed by atoms with E-state index in [1.165, 1.54) is 19.3 Å². The largest absolute Gasteiger partial charge is 0.351 e. The van der Waals surface area contributed by atoms with Gasteiger partial charge in [0.1, 0.15) is 16.5 Å². The van der Waals surface area contributed by atoms with Gasteiger partial charge in [0.05, 0.1) is 11.9 Å². The van der Waals surface area contributed by atoms with Crippen molar-refractivity contribution in [2.45, 2.75) is 63.7 Å². The number of aromatic amines is 1. The Kier molecular flexibility index (Phi) is 5.26. The standard InChI is InChI=1S/C23H29N9S/c1-14-10-19(30-29-14)26-21-18-6-9-33-22(18)28-23(27-21)25-15-11-16-4-3-5-17(12-15)32(16)13-20-24-7-8-31(20)2/h6-10,15-17H,3-5,11-13H2,1-2H3,(H3,25,26,27,28,29,30)/t15?,16-,17+. The summed E-state index contributed by atoms with van der Waals surface area (Å²) in [6, 6.07) is 5.55. The third kappa shape index (κ3) is 4.08. The molecule has 6 heterocycles. The van der Waals surface area contributed by atoms with Gasteiger partial charge in [-0.1, -0.05) is 6.42 Å². The number of aryl methyl sites for hydroxylation is 2. The van der Waals surface area contributed by atoms with E-state index in [1.54, 1.807) is 11.3 Å². The predicted octanol–water partition coefficient (Wildman–Crippen LogP) is 4.20. The van der Waals surface area contributed by atoms with Crippen molar-refractivity contribution in [3.8, 4) is 0 Å². The third-order valence-electron chi connectivity index (χ3n) is 6.98. The summed E-state index contributed by atoms with van der Waals surface area (Å²) >= 11 is 1.64. The molecule has 1 unspecified atom stereocenters. The molecule has 4 aromatic heterocycles. The molecular formula is C23H29N9S. The lowest BCUT2D eigenvalue weighted by atomic mass is 9.81. The number of rotatable bonds is 6. The molecule has 3 atom stereocenters. The van der Waals surface area contributed by atoms with Gasteiger partial charge in [0, 0.05) is 49.3 Å². The molecule has 3 N–H and O–H groups in total. The molecule has 0 amide bonds. The minimum Gasteiger partial charge on any atom is -0.351 e. The second-order valence-corrected chi connectivity index (χ2v) is 10.2. The van der Waals surface area contributed by atoms with Crippen LogP contribution in [-0.4, -0.2) is 52.7 Å². The first-order valence-corrected chi connectivity index (χ1v) is 12.5.